The first kappa shape index (κ1) is 18.9. The number of methoxy groups -OCH3 is 1. The summed E-state index contributed by atoms with van der Waals surface area (Å²) < 4.78 is 18.2. The van der Waals surface area contributed by atoms with Crippen LogP contribution in [-0.4, -0.2) is 41.4 Å². The van der Waals surface area contributed by atoms with E-state index in [0.29, 0.717) is 30.8 Å². The van der Waals surface area contributed by atoms with Crippen LogP contribution in [0.2, 0.25) is 0 Å². The summed E-state index contributed by atoms with van der Waals surface area (Å²) in [5.41, 5.74) is 10.6. The molecule has 0 radical (unpaired) electrons. The molecule has 8 nitrogen and oxygen atoms in total. The van der Waals surface area contributed by atoms with Crippen LogP contribution >= 0.6 is 0 Å². The number of benzene rings is 2. The van der Waals surface area contributed by atoms with Gasteiger partial charge in [0.2, 0.25) is 0 Å². The van der Waals surface area contributed by atoms with Crippen LogP contribution in [0.4, 0.5) is 0 Å². The van der Waals surface area contributed by atoms with Crippen LogP contribution < -0.4 is 15.2 Å². The lowest BCUT2D eigenvalue weighted by molar-refractivity contribution is 0.0496. The minimum Gasteiger partial charge on any atom is -0.493 e. The summed E-state index contributed by atoms with van der Waals surface area (Å²) in [6.07, 6.45) is 3.13. The Morgan fingerprint density at radius 2 is 2.10 bits per heavy atom. The Hall–Kier alpha value is -3.39. The molecule has 1 aliphatic rings. The van der Waals surface area contributed by atoms with Gasteiger partial charge < -0.3 is 19.9 Å². The molecule has 0 atom stereocenters. The topological polar surface area (TPSA) is 101 Å². The van der Waals surface area contributed by atoms with Crippen molar-refractivity contribution in [2.24, 2.45) is 12.8 Å². The predicted molar refractivity (Wildman–Crippen MR) is 106 cm³/mol. The van der Waals surface area contributed by atoms with Crippen molar-refractivity contribution in [1.29, 1.82) is 0 Å². The monoisotopic (exact) mass is 394 g/mol. The highest BCUT2D eigenvalue weighted by Crippen LogP contribution is 2.40. The lowest BCUT2D eigenvalue weighted by Gasteiger charge is -2.16. The van der Waals surface area contributed by atoms with Crippen molar-refractivity contribution in [3.8, 4) is 22.8 Å². The third kappa shape index (κ3) is 3.79. The number of nitrogens with zero attached hydrogens (tertiary/aromatic N) is 3. The highest BCUT2D eigenvalue weighted by Gasteiger charge is 2.26. The maximum atomic E-state index is 12.0. The molecular weight excluding hydrogens is 372 g/mol. The number of amides is 1. The standard InChI is InChI=1S/C21H22N4O4/c1-25-11-18(23-24-25)14-5-3-13(4-6-14)9-15-10-17(21(22)26)20(29-12-27-2)16-7-8-28-19(15)16/h3-6,10-11H,7-9,12H2,1-2H3,(H2,22,26). The summed E-state index contributed by atoms with van der Waals surface area (Å²) in [5.74, 6) is 0.678. The molecule has 150 valence electrons. The molecular formula is C21H22N4O4. The van der Waals surface area contributed by atoms with Gasteiger partial charge in [0.05, 0.1) is 18.4 Å². The van der Waals surface area contributed by atoms with Crippen molar-refractivity contribution >= 4 is 5.91 Å². The molecule has 8 heteroatoms. The lowest BCUT2D eigenvalue weighted by Crippen LogP contribution is -2.15. The minimum absolute atomic E-state index is 0.0376. The largest absolute Gasteiger partial charge is 0.493 e. The Bertz CT molecular complexity index is 1040. The summed E-state index contributed by atoms with van der Waals surface area (Å²) >= 11 is 0. The molecule has 29 heavy (non-hydrogen) atoms. The predicted octanol–water partition coefficient (Wildman–Crippen LogP) is 2.09. The number of carbonyl (C=O) groups excluding carboxylic acids is 1. The minimum atomic E-state index is -0.537. The maximum Gasteiger partial charge on any atom is 0.252 e. The third-order valence-corrected chi connectivity index (χ3v) is 4.83. The van der Waals surface area contributed by atoms with Gasteiger partial charge in [0.1, 0.15) is 17.2 Å². The van der Waals surface area contributed by atoms with Crippen LogP contribution in [0, 0.1) is 0 Å². The molecule has 1 aromatic heterocycles. The molecule has 0 spiro atoms. The third-order valence-electron chi connectivity index (χ3n) is 4.83. The Morgan fingerprint density at radius 3 is 2.76 bits per heavy atom. The van der Waals surface area contributed by atoms with Crippen LogP contribution in [0.1, 0.15) is 27.0 Å². The smallest absolute Gasteiger partial charge is 0.252 e. The van der Waals surface area contributed by atoms with E-state index < -0.39 is 5.91 Å². The number of fused-ring (bicyclic) bond motifs is 1. The van der Waals surface area contributed by atoms with Gasteiger partial charge in [-0.15, -0.1) is 5.10 Å². The van der Waals surface area contributed by atoms with Gasteiger partial charge in [-0.25, -0.2) is 0 Å². The van der Waals surface area contributed by atoms with Crippen LogP contribution in [0.3, 0.4) is 0 Å². The average molecular weight is 394 g/mol. The fourth-order valence-electron chi connectivity index (χ4n) is 3.52. The second-order valence-electron chi connectivity index (χ2n) is 6.88. The second-order valence-corrected chi connectivity index (χ2v) is 6.88. The average Bonchev–Trinajstić information content (AvgIpc) is 3.37. The quantitative estimate of drug-likeness (QED) is 0.616. The van der Waals surface area contributed by atoms with E-state index in [0.717, 1.165) is 33.7 Å². The number of nitrogens with two attached hydrogens (primary N) is 1. The SMILES string of the molecule is COCOc1c(C(N)=O)cc(Cc2ccc(-c3cn(C)nn3)cc2)c2c1CCO2. The number of hydrogen-bond donors (Lipinski definition) is 1. The van der Waals surface area contributed by atoms with E-state index in [1.807, 2.05) is 37.5 Å². The number of aryl methyl sites for hydroxylation is 1. The highest BCUT2D eigenvalue weighted by molar-refractivity contribution is 5.97. The zero-order valence-corrected chi connectivity index (χ0v) is 16.3. The van der Waals surface area contributed by atoms with Crippen molar-refractivity contribution in [2.45, 2.75) is 12.8 Å². The zero-order valence-electron chi connectivity index (χ0n) is 16.3. The number of carbonyl (C=O) groups is 1. The number of hydrogen-bond acceptors (Lipinski definition) is 6. The number of rotatable bonds is 7. The van der Waals surface area contributed by atoms with E-state index in [1.165, 1.54) is 7.11 Å². The number of aromatic nitrogens is 3. The Kier molecular flexibility index (Phi) is 5.18. The molecule has 0 fully saturated rings. The first-order valence-electron chi connectivity index (χ1n) is 9.25. The zero-order chi connectivity index (χ0) is 20.4. The fourth-order valence-corrected chi connectivity index (χ4v) is 3.52. The van der Waals surface area contributed by atoms with E-state index in [-0.39, 0.29) is 6.79 Å². The summed E-state index contributed by atoms with van der Waals surface area (Å²) in [4.78, 5) is 12.0. The molecule has 1 aliphatic heterocycles. The molecule has 0 bridgehead atoms. The molecule has 2 heterocycles. The second kappa shape index (κ2) is 7.92. The van der Waals surface area contributed by atoms with Crippen molar-refractivity contribution in [2.75, 3.05) is 20.5 Å². The molecule has 4 rings (SSSR count). The lowest BCUT2D eigenvalue weighted by atomic mass is 9.96. The van der Waals surface area contributed by atoms with Gasteiger partial charge in [0, 0.05) is 38.1 Å². The summed E-state index contributed by atoms with van der Waals surface area (Å²) in [6.45, 7) is 0.579. The van der Waals surface area contributed by atoms with Crippen LogP contribution in [0.25, 0.3) is 11.3 Å². The normalized spacial score (nSPS) is 12.5. The van der Waals surface area contributed by atoms with E-state index in [4.69, 9.17) is 19.9 Å². The van der Waals surface area contributed by atoms with Crippen molar-refractivity contribution < 1.29 is 19.0 Å². The van der Waals surface area contributed by atoms with Crippen molar-refractivity contribution in [3.05, 3.63) is 58.8 Å². The Morgan fingerprint density at radius 1 is 1.31 bits per heavy atom. The summed E-state index contributed by atoms with van der Waals surface area (Å²) in [7, 11) is 3.36. The van der Waals surface area contributed by atoms with Gasteiger partial charge in [0.15, 0.2) is 6.79 Å². The molecule has 3 aromatic rings. The number of ether oxygens (including phenoxy) is 3. The van der Waals surface area contributed by atoms with Crippen molar-refractivity contribution in [1.82, 2.24) is 15.0 Å². The molecule has 0 saturated heterocycles. The fraction of sp³-hybridized carbons (Fsp3) is 0.286. The van der Waals surface area contributed by atoms with Gasteiger partial charge in [-0.1, -0.05) is 29.5 Å². The first-order valence-corrected chi connectivity index (χ1v) is 9.25. The van der Waals surface area contributed by atoms with Crippen LogP contribution in [0.5, 0.6) is 11.5 Å². The van der Waals surface area contributed by atoms with Gasteiger partial charge in [-0.3, -0.25) is 9.48 Å². The van der Waals surface area contributed by atoms with E-state index >= 15 is 0 Å². The molecule has 0 aliphatic carbocycles. The highest BCUT2D eigenvalue weighted by atomic mass is 16.7. The van der Waals surface area contributed by atoms with Gasteiger partial charge in [0.25, 0.3) is 5.91 Å². The maximum absolute atomic E-state index is 12.0. The van der Waals surface area contributed by atoms with Crippen LogP contribution in [0.15, 0.2) is 36.5 Å². The van der Waals surface area contributed by atoms with E-state index in [1.54, 1.807) is 10.7 Å². The van der Waals surface area contributed by atoms with Gasteiger partial charge in [-0.05, 0) is 17.2 Å². The van der Waals surface area contributed by atoms with Gasteiger partial charge >= 0.3 is 0 Å². The summed E-state index contributed by atoms with van der Waals surface area (Å²) in [6, 6.07) is 9.83. The van der Waals surface area contributed by atoms with Crippen LogP contribution in [-0.2, 0) is 24.6 Å². The number of primary amides is 1. The van der Waals surface area contributed by atoms with Gasteiger partial charge in [-0.2, -0.15) is 0 Å². The van der Waals surface area contributed by atoms with E-state index in [2.05, 4.69) is 10.3 Å². The molecule has 0 unspecified atom stereocenters. The first-order chi connectivity index (χ1) is 14.1. The molecule has 2 aromatic carbocycles. The molecule has 0 saturated carbocycles. The summed E-state index contributed by atoms with van der Waals surface area (Å²) in [5, 5.41) is 8.09. The molecule has 1 amide bonds. The van der Waals surface area contributed by atoms with E-state index in [9.17, 15) is 4.79 Å². The molecule has 2 N–H and O–H groups in total. The Labute approximate surface area is 168 Å². The Balaban J connectivity index is 1.66. The van der Waals surface area contributed by atoms with Crippen molar-refractivity contribution in [3.63, 3.8) is 0 Å².